The number of hydrogen-bond donors (Lipinski definition) is 0. The van der Waals surface area contributed by atoms with Crippen molar-refractivity contribution in [3.8, 4) is 0 Å². The van der Waals surface area contributed by atoms with Crippen LogP contribution in [0.25, 0.3) is 0 Å². The number of carbonyl (C=O) groups is 1. The number of ketones is 1. The van der Waals surface area contributed by atoms with Crippen LogP contribution in [0.4, 0.5) is 0 Å². The topological polar surface area (TPSA) is 17.1 Å². The summed E-state index contributed by atoms with van der Waals surface area (Å²) in [5.74, 6) is 0.247. The van der Waals surface area contributed by atoms with Gasteiger partial charge in [0.2, 0.25) is 0 Å². The monoisotopic (exact) mass is 208 g/mol. The number of hydrogen-bond acceptors (Lipinski definition) is 1. The van der Waals surface area contributed by atoms with Crippen LogP contribution in [0.2, 0.25) is 0 Å². The maximum atomic E-state index is 11.5. The Balaban J connectivity index is 4.82. The molecule has 0 aromatic rings. The maximum Gasteiger partial charge on any atom is 0.158 e. The van der Waals surface area contributed by atoms with Gasteiger partial charge in [0.1, 0.15) is 0 Å². The highest BCUT2D eigenvalue weighted by Gasteiger charge is 2.20. The lowest BCUT2D eigenvalue weighted by Gasteiger charge is -2.25. The van der Waals surface area contributed by atoms with Crippen LogP contribution in [0.3, 0.4) is 0 Å². The van der Waals surface area contributed by atoms with Gasteiger partial charge >= 0.3 is 0 Å². The van der Waals surface area contributed by atoms with Crippen LogP contribution in [-0.4, -0.2) is 5.78 Å². The third-order valence-corrected chi connectivity index (χ3v) is 2.84. The fourth-order valence-corrected chi connectivity index (χ4v) is 1.85. The van der Waals surface area contributed by atoms with Crippen molar-refractivity contribution in [3.63, 3.8) is 0 Å². The summed E-state index contributed by atoms with van der Waals surface area (Å²) < 4.78 is 0. The zero-order valence-corrected chi connectivity index (χ0v) is 10.8. The molecule has 0 rings (SSSR count). The minimum atomic E-state index is 0.0841. The highest BCUT2D eigenvalue weighted by molar-refractivity contribution is 5.94. The normalized spacial score (nSPS) is 15.9. The molecule has 0 aromatic heterocycles. The van der Waals surface area contributed by atoms with E-state index in [1.165, 1.54) is 5.57 Å². The number of allylic oxidation sites excluding steroid dienone is 3. The van der Waals surface area contributed by atoms with Crippen molar-refractivity contribution < 1.29 is 4.79 Å². The van der Waals surface area contributed by atoms with Gasteiger partial charge in [-0.15, -0.1) is 6.58 Å². The largest absolute Gasteiger partial charge is 0.295 e. The van der Waals surface area contributed by atoms with Gasteiger partial charge in [0, 0.05) is 6.42 Å². The molecular weight excluding hydrogens is 184 g/mol. The van der Waals surface area contributed by atoms with Crippen LogP contribution in [-0.2, 0) is 4.79 Å². The molecule has 1 unspecified atom stereocenters. The third-order valence-electron chi connectivity index (χ3n) is 2.84. The summed E-state index contributed by atoms with van der Waals surface area (Å²) in [6.07, 6.45) is 4.70. The van der Waals surface area contributed by atoms with Crippen molar-refractivity contribution in [3.05, 3.63) is 23.8 Å². The van der Waals surface area contributed by atoms with E-state index in [1.807, 2.05) is 20.8 Å². The van der Waals surface area contributed by atoms with Crippen molar-refractivity contribution in [1.82, 2.24) is 0 Å². The molecule has 1 atom stereocenters. The van der Waals surface area contributed by atoms with E-state index in [4.69, 9.17) is 0 Å². The lowest BCUT2D eigenvalue weighted by atomic mass is 9.79. The fraction of sp³-hybridized carbons (Fsp3) is 0.643. The predicted octanol–water partition coefficient (Wildman–Crippen LogP) is 4.29. The lowest BCUT2D eigenvalue weighted by molar-refractivity contribution is -0.115. The Bertz CT molecular complexity index is 273. The Hall–Kier alpha value is -0.850. The van der Waals surface area contributed by atoms with Gasteiger partial charge in [0.05, 0.1) is 0 Å². The van der Waals surface area contributed by atoms with Gasteiger partial charge in [-0.2, -0.15) is 0 Å². The molecule has 0 aliphatic rings. The van der Waals surface area contributed by atoms with Gasteiger partial charge in [0.15, 0.2) is 5.78 Å². The van der Waals surface area contributed by atoms with E-state index in [0.29, 0.717) is 6.42 Å². The molecule has 86 valence electrons. The first-order valence-electron chi connectivity index (χ1n) is 5.71. The van der Waals surface area contributed by atoms with E-state index in [0.717, 1.165) is 18.4 Å². The number of rotatable bonds is 6. The highest BCUT2D eigenvalue weighted by atomic mass is 16.1. The second-order valence-corrected chi connectivity index (χ2v) is 4.75. The predicted molar refractivity (Wildman–Crippen MR) is 66.9 cm³/mol. The average Bonchev–Trinajstić information content (AvgIpc) is 2.15. The second-order valence-electron chi connectivity index (χ2n) is 4.75. The van der Waals surface area contributed by atoms with Crippen LogP contribution < -0.4 is 0 Å². The highest BCUT2D eigenvalue weighted by Crippen LogP contribution is 2.32. The van der Waals surface area contributed by atoms with Gasteiger partial charge < -0.3 is 0 Å². The molecule has 0 saturated carbocycles. The van der Waals surface area contributed by atoms with E-state index in [1.54, 1.807) is 0 Å². The Kier molecular flexibility index (Phi) is 5.56. The summed E-state index contributed by atoms with van der Waals surface area (Å²) in [6, 6.07) is 0. The Morgan fingerprint density at radius 1 is 1.33 bits per heavy atom. The Morgan fingerprint density at radius 3 is 2.20 bits per heavy atom. The SMILES string of the molecule is C=C(C)CC(C)(C=C(C)C(=O)CC)CC. The first-order chi connectivity index (χ1) is 6.84. The minimum absolute atomic E-state index is 0.0841. The summed E-state index contributed by atoms with van der Waals surface area (Å²) in [7, 11) is 0. The van der Waals surface area contributed by atoms with Gasteiger partial charge in [-0.3, -0.25) is 4.79 Å². The summed E-state index contributed by atoms with van der Waals surface area (Å²) in [6.45, 7) is 14.2. The number of carbonyl (C=O) groups excluding carboxylic acids is 1. The molecule has 0 fully saturated rings. The molecule has 0 N–H and O–H groups in total. The Labute approximate surface area is 94.3 Å². The second kappa shape index (κ2) is 5.89. The molecule has 0 spiro atoms. The van der Waals surface area contributed by atoms with Crippen LogP contribution >= 0.6 is 0 Å². The van der Waals surface area contributed by atoms with Crippen molar-refractivity contribution >= 4 is 5.78 Å². The van der Waals surface area contributed by atoms with E-state index in [2.05, 4.69) is 26.5 Å². The molecule has 15 heavy (non-hydrogen) atoms. The quantitative estimate of drug-likeness (QED) is 0.470. The smallest absolute Gasteiger partial charge is 0.158 e. The van der Waals surface area contributed by atoms with Crippen molar-refractivity contribution in [2.75, 3.05) is 0 Å². The van der Waals surface area contributed by atoms with Gasteiger partial charge in [0.25, 0.3) is 0 Å². The fourth-order valence-electron chi connectivity index (χ4n) is 1.85. The van der Waals surface area contributed by atoms with Crippen molar-refractivity contribution in [2.45, 2.75) is 53.9 Å². The molecule has 1 heteroatoms. The van der Waals surface area contributed by atoms with Gasteiger partial charge in [-0.05, 0) is 37.7 Å². The molecule has 0 aliphatic carbocycles. The van der Waals surface area contributed by atoms with Crippen LogP contribution in [0.15, 0.2) is 23.8 Å². The van der Waals surface area contributed by atoms with E-state index in [-0.39, 0.29) is 11.2 Å². The molecular formula is C14H24O. The maximum absolute atomic E-state index is 11.5. The van der Waals surface area contributed by atoms with Crippen molar-refractivity contribution in [1.29, 1.82) is 0 Å². The van der Waals surface area contributed by atoms with Gasteiger partial charge in [-0.25, -0.2) is 0 Å². The van der Waals surface area contributed by atoms with Crippen LogP contribution in [0, 0.1) is 5.41 Å². The number of Topliss-reactive ketones (excluding diaryl/α,β-unsaturated/α-hetero) is 1. The summed E-state index contributed by atoms with van der Waals surface area (Å²) in [4.78, 5) is 11.5. The van der Waals surface area contributed by atoms with E-state index in [9.17, 15) is 4.79 Å². The molecule has 0 aromatic carbocycles. The lowest BCUT2D eigenvalue weighted by Crippen LogP contribution is -2.14. The molecule has 0 bridgehead atoms. The zero-order valence-electron chi connectivity index (χ0n) is 10.8. The first-order valence-corrected chi connectivity index (χ1v) is 5.71. The minimum Gasteiger partial charge on any atom is -0.295 e. The summed E-state index contributed by atoms with van der Waals surface area (Å²) in [5, 5.41) is 0. The van der Waals surface area contributed by atoms with Gasteiger partial charge in [-0.1, -0.05) is 32.4 Å². The molecule has 1 nitrogen and oxygen atoms in total. The molecule has 0 radical (unpaired) electrons. The standard InChI is InChI=1S/C14H24O/c1-7-13(15)12(5)10-14(6,8-2)9-11(3)4/h10H,3,7-9H2,1-2,4-6H3. The van der Waals surface area contributed by atoms with E-state index >= 15 is 0 Å². The van der Waals surface area contributed by atoms with Crippen LogP contribution in [0.1, 0.15) is 53.9 Å². The van der Waals surface area contributed by atoms with Crippen molar-refractivity contribution in [2.24, 2.45) is 5.41 Å². The summed E-state index contributed by atoms with van der Waals surface area (Å²) >= 11 is 0. The van der Waals surface area contributed by atoms with E-state index < -0.39 is 0 Å². The average molecular weight is 208 g/mol. The molecule has 0 amide bonds. The zero-order chi connectivity index (χ0) is 12.1. The summed E-state index contributed by atoms with van der Waals surface area (Å²) in [5.41, 5.74) is 2.15. The molecule has 0 aliphatic heterocycles. The third kappa shape index (κ3) is 4.96. The molecule has 0 saturated heterocycles. The van der Waals surface area contributed by atoms with Crippen LogP contribution in [0.5, 0.6) is 0 Å². The first kappa shape index (κ1) is 14.2. The Morgan fingerprint density at radius 2 is 1.87 bits per heavy atom. The molecule has 0 heterocycles.